The summed E-state index contributed by atoms with van der Waals surface area (Å²) in [5, 5.41) is 10.1. The number of fused-ring (bicyclic) bond motifs is 1. The molecule has 0 fully saturated rings. The summed E-state index contributed by atoms with van der Waals surface area (Å²) >= 11 is 5.86. The van der Waals surface area contributed by atoms with E-state index in [1.165, 1.54) is 14.2 Å². The van der Waals surface area contributed by atoms with Crippen molar-refractivity contribution in [2.45, 2.75) is 18.4 Å². The molecule has 0 spiro atoms. The van der Waals surface area contributed by atoms with E-state index in [0.717, 1.165) is 0 Å². The standard InChI is InChI=1S/C21H22ClNO5/c1-27-16-9-8-13(12-17(16)28-2)19-18(21(25)26)14-6-3-4-7-15(14)20(24)23(19)11-5-10-22/h3-4,6-9,12,18-19H,5,10-11H2,1-2H3,(H,25,26). The van der Waals surface area contributed by atoms with Gasteiger partial charge in [0.25, 0.3) is 5.91 Å². The minimum absolute atomic E-state index is 0.196. The fourth-order valence-electron chi connectivity index (χ4n) is 3.74. The maximum absolute atomic E-state index is 13.2. The van der Waals surface area contributed by atoms with Gasteiger partial charge in [-0.1, -0.05) is 24.3 Å². The molecule has 0 bridgehead atoms. The zero-order valence-electron chi connectivity index (χ0n) is 15.7. The minimum atomic E-state index is -0.990. The Morgan fingerprint density at radius 2 is 1.86 bits per heavy atom. The first-order chi connectivity index (χ1) is 13.5. The van der Waals surface area contributed by atoms with Crippen molar-refractivity contribution in [2.75, 3.05) is 26.6 Å². The average molecular weight is 404 g/mol. The number of amides is 1. The van der Waals surface area contributed by atoms with Crippen LogP contribution in [0, 0.1) is 0 Å². The Labute approximate surface area is 168 Å². The van der Waals surface area contributed by atoms with Crippen LogP contribution in [-0.2, 0) is 4.79 Å². The lowest BCUT2D eigenvalue weighted by atomic mass is 9.79. The van der Waals surface area contributed by atoms with Crippen LogP contribution in [0.5, 0.6) is 11.5 Å². The van der Waals surface area contributed by atoms with E-state index >= 15 is 0 Å². The Morgan fingerprint density at radius 3 is 2.50 bits per heavy atom. The van der Waals surface area contributed by atoms with E-state index in [4.69, 9.17) is 21.1 Å². The fraction of sp³-hybridized carbons (Fsp3) is 0.333. The Hall–Kier alpha value is -2.73. The molecular formula is C21H22ClNO5. The van der Waals surface area contributed by atoms with Crippen LogP contribution in [-0.4, -0.2) is 48.5 Å². The predicted molar refractivity (Wildman–Crippen MR) is 105 cm³/mol. The Bertz CT molecular complexity index is 885. The summed E-state index contributed by atoms with van der Waals surface area (Å²) in [7, 11) is 3.05. The van der Waals surface area contributed by atoms with E-state index < -0.39 is 17.9 Å². The number of carboxylic acids is 1. The molecule has 3 rings (SSSR count). The Kier molecular flexibility index (Phi) is 6.09. The van der Waals surface area contributed by atoms with Crippen LogP contribution >= 0.6 is 11.6 Å². The van der Waals surface area contributed by atoms with Crippen LogP contribution < -0.4 is 9.47 Å². The van der Waals surface area contributed by atoms with Crippen molar-refractivity contribution in [2.24, 2.45) is 0 Å². The normalized spacial score (nSPS) is 18.5. The van der Waals surface area contributed by atoms with Crippen LogP contribution in [0.1, 0.15) is 39.9 Å². The second-order valence-electron chi connectivity index (χ2n) is 6.50. The van der Waals surface area contributed by atoms with Crippen molar-refractivity contribution in [3.8, 4) is 11.5 Å². The van der Waals surface area contributed by atoms with Gasteiger partial charge >= 0.3 is 5.97 Å². The summed E-state index contributed by atoms with van der Waals surface area (Å²) in [4.78, 5) is 27.1. The number of rotatable bonds is 7. The molecule has 2 atom stereocenters. The SMILES string of the molecule is COc1ccc(C2C(C(=O)O)c3ccccc3C(=O)N2CCCCl)cc1OC. The van der Waals surface area contributed by atoms with Gasteiger partial charge in [-0.15, -0.1) is 11.6 Å². The molecule has 2 aromatic rings. The van der Waals surface area contributed by atoms with Gasteiger partial charge in [0.05, 0.1) is 20.3 Å². The molecule has 0 aromatic heterocycles. The lowest BCUT2D eigenvalue weighted by Crippen LogP contribution is -2.45. The number of ether oxygens (including phenoxy) is 2. The maximum Gasteiger partial charge on any atom is 0.313 e. The highest BCUT2D eigenvalue weighted by atomic mass is 35.5. The number of carbonyl (C=O) groups excluding carboxylic acids is 1. The third-order valence-corrected chi connectivity index (χ3v) is 5.25. The molecule has 1 aliphatic rings. The molecule has 28 heavy (non-hydrogen) atoms. The molecule has 6 nitrogen and oxygen atoms in total. The number of hydrogen-bond donors (Lipinski definition) is 1. The van der Waals surface area contributed by atoms with Gasteiger partial charge in [-0.25, -0.2) is 0 Å². The second-order valence-corrected chi connectivity index (χ2v) is 6.88. The van der Waals surface area contributed by atoms with Crippen LogP contribution in [0.2, 0.25) is 0 Å². The number of halogens is 1. The molecule has 1 heterocycles. The largest absolute Gasteiger partial charge is 0.493 e. The monoisotopic (exact) mass is 403 g/mol. The summed E-state index contributed by atoms with van der Waals surface area (Å²) in [5.74, 6) is -0.696. The second kappa shape index (κ2) is 8.52. The number of carboxylic acid groups (broad SMARTS) is 1. The molecular weight excluding hydrogens is 382 g/mol. The number of carbonyl (C=O) groups is 2. The van der Waals surface area contributed by atoms with Crippen LogP contribution in [0.4, 0.5) is 0 Å². The van der Waals surface area contributed by atoms with Crippen molar-refractivity contribution in [1.29, 1.82) is 0 Å². The van der Waals surface area contributed by atoms with Gasteiger partial charge in [-0.05, 0) is 35.7 Å². The highest BCUT2D eigenvalue weighted by molar-refractivity contribution is 6.17. The van der Waals surface area contributed by atoms with E-state index in [-0.39, 0.29) is 5.91 Å². The van der Waals surface area contributed by atoms with Crippen LogP contribution in [0.25, 0.3) is 0 Å². The number of benzene rings is 2. The van der Waals surface area contributed by atoms with Gasteiger partial charge in [0.15, 0.2) is 11.5 Å². The summed E-state index contributed by atoms with van der Waals surface area (Å²) in [6.45, 7) is 0.361. The van der Waals surface area contributed by atoms with Crippen molar-refractivity contribution < 1.29 is 24.2 Å². The summed E-state index contributed by atoms with van der Waals surface area (Å²) in [5.41, 5.74) is 1.60. The predicted octanol–water partition coefficient (Wildman–Crippen LogP) is 3.70. The number of hydrogen-bond acceptors (Lipinski definition) is 4. The number of methoxy groups -OCH3 is 2. The van der Waals surface area contributed by atoms with Crippen molar-refractivity contribution >= 4 is 23.5 Å². The number of alkyl halides is 1. The van der Waals surface area contributed by atoms with Crippen molar-refractivity contribution in [1.82, 2.24) is 4.90 Å². The zero-order valence-corrected chi connectivity index (χ0v) is 16.5. The summed E-state index contributed by atoms with van der Waals surface area (Å²) in [6, 6.07) is 11.4. The van der Waals surface area contributed by atoms with E-state index in [0.29, 0.717) is 47.0 Å². The lowest BCUT2D eigenvalue weighted by Gasteiger charge is -2.41. The van der Waals surface area contributed by atoms with E-state index in [9.17, 15) is 14.7 Å². The topological polar surface area (TPSA) is 76.1 Å². The Balaban J connectivity index is 2.18. The molecule has 0 saturated heterocycles. The van der Waals surface area contributed by atoms with Crippen molar-refractivity contribution in [3.63, 3.8) is 0 Å². The number of nitrogens with zero attached hydrogens (tertiary/aromatic N) is 1. The highest BCUT2D eigenvalue weighted by Gasteiger charge is 2.44. The van der Waals surface area contributed by atoms with Crippen LogP contribution in [0.15, 0.2) is 42.5 Å². The van der Waals surface area contributed by atoms with Gasteiger partial charge in [-0.3, -0.25) is 9.59 Å². The smallest absolute Gasteiger partial charge is 0.313 e. The molecule has 1 aliphatic heterocycles. The lowest BCUT2D eigenvalue weighted by molar-refractivity contribution is -0.140. The molecule has 0 aliphatic carbocycles. The highest BCUT2D eigenvalue weighted by Crippen LogP contribution is 2.44. The first kappa shape index (κ1) is 20.0. The van der Waals surface area contributed by atoms with E-state index in [1.54, 1.807) is 47.4 Å². The Morgan fingerprint density at radius 1 is 1.14 bits per heavy atom. The first-order valence-electron chi connectivity index (χ1n) is 8.94. The molecule has 7 heteroatoms. The van der Waals surface area contributed by atoms with Crippen molar-refractivity contribution in [3.05, 3.63) is 59.2 Å². The molecule has 1 amide bonds. The molecule has 2 unspecified atom stereocenters. The van der Waals surface area contributed by atoms with Gasteiger partial charge in [0, 0.05) is 18.0 Å². The molecule has 1 N–H and O–H groups in total. The minimum Gasteiger partial charge on any atom is -0.493 e. The number of aliphatic carboxylic acids is 1. The van der Waals surface area contributed by atoms with Crippen LogP contribution in [0.3, 0.4) is 0 Å². The average Bonchev–Trinajstić information content (AvgIpc) is 2.72. The quantitative estimate of drug-likeness (QED) is 0.713. The first-order valence-corrected chi connectivity index (χ1v) is 9.47. The fourth-order valence-corrected chi connectivity index (χ4v) is 3.86. The zero-order chi connectivity index (χ0) is 20.3. The van der Waals surface area contributed by atoms with E-state index in [2.05, 4.69) is 0 Å². The summed E-state index contributed by atoms with van der Waals surface area (Å²) < 4.78 is 10.7. The van der Waals surface area contributed by atoms with Gasteiger partial charge < -0.3 is 19.5 Å². The molecule has 2 aromatic carbocycles. The molecule has 0 radical (unpaired) electrons. The third kappa shape index (κ3) is 3.52. The van der Waals surface area contributed by atoms with Gasteiger partial charge in [0.2, 0.25) is 0 Å². The molecule has 148 valence electrons. The van der Waals surface area contributed by atoms with Gasteiger partial charge in [0.1, 0.15) is 5.92 Å². The maximum atomic E-state index is 13.2. The third-order valence-electron chi connectivity index (χ3n) is 4.99. The molecule has 0 saturated carbocycles. The summed E-state index contributed by atoms with van der Waals surface area (Å²) in [6.07, 6.45) is 0.561. The van der Waals surface area contributed by atoms with E-state index in [1.807, 2.05) is 0 Å². The van der Waals surface area contributed by atoms with Gasteiger partial charge in [-0.2, -0.15) is 0 Å².